The lowest BCUT2D eigenvalue weighted by Crippen LogP contribution is -2.12. The first-order valence-corrected chi connectivity index (χ1v) is 9.59. The van der Waals surface area contributed by atoms with Crippen molar-refractivity contribution in [2.24, 2.45) is 0 Å². The molecule has 0 amide bonds. The first kappa shape index (κ1) is 16.5. The smallest absolute Gasteiger partial charge is 0.271 e. The summed E-state index contributed by atoms with van der Waals surface area (Å²) in [5.74, 6) is 0. The van der Waals surface area contributed by atoms with E-state index in [1.54, 1.807) is 18.2 Å². The van der Waals surface area contributed by atoms with Gasteiger partial charge < -0.3 is 5.32 Å². The molecule has 114 valence electrons. The molecule has 0 atom stereocenters. The van der Waals surface area contributed by atoms with Gasteiger partial charge in [0.05, 0.1) is 5.69 Å². The Morgan fingerprint density at radius 3 is 2.67 bits per heavy atom. The van der Waals surface area contributed by atoms with Crippen LogP contribution >= 0.6 is 27.3 Å². The van der Waals surface area contributed by atoms with Gasteiger partial charge in [-0.05, 0) is 49.4 Å². The molecule has 0 spiro atoms. The number of benzene rings is 1. The van der Waals surface area contributed by atoms with Crippen LogP contribution in [0.15, 0.2) is 39.0 Å². The Kier molecular flexibility index (Phi) is 5.43. The summed E-state index contributed by atoms with van der Waals surface area (Å²) >= 11 is 4.65. The van der Waals surface area contributed by atoms with Gasteiger partial charge in [-0.3, -0.25) is 4.72 Å². The second-order valence-corrected chi connectivity index (χ2v) is 8.62. The predicted molar refractivity (Wildman–Crippen MR) is 91.4 cm³/mol. The summed E-state index contributed by atoms with van der Waals surface area (Å²) in [5.41, 5.74) is 1.55. The third-order valence-electron chi connectivity index (χ3n) is 2.75. The SMILES string of the molecule is CCNCc1ccc(S(=O)(=O)Nc2cc(C)cc(Br)c2)s1. The molecule has 0 saturated heterocycles. The number of hydrogen-bond donors (Lipinski definition) is 2. The lowest BCUT2D eigenvalue weighted by atomic mass is 10.2. The van der Waals surface area contributed by atoms with Crippen LogP contribution in [-0.4, -0.2) is 15.0 Å². The summed E-state index contributed by atoms with van der Waals surface area (Å²) in [7, 11) is -3.53. The van der Waals surface area contributed by atoms with Crippen molar-refractivity contribution in [2.45, 2.75) is 24.6 Å². The van der Waals surface area contributed by atoms with Crippen molar-refractivity contribution < 1.29 is 8.42 Å². The number of aryl methyl sites for hydroxylation is 1. The Morgan fingerprint density at radius 1 is 1.24 bits per heavy atom. The zero-order valence-corrected chi connectivity index (χ0v) is 15.0. The van der Waals surface area contributed by atoms with Gasteiger partial charge in [-0.15, -0.1) is 11.3 Å². The molecule has 0 fully saturated rings. The molecule has 7 heteroatoms. The number of anilines is 1. The molecule has 0 aliphatic carbocycles. The first-order chi connectivity index (χ1) is 9.90. The van der Waals surface area contributed by atoms with Gasteiger partial charge in [-0.25, -0.2) is 8.42 Å². The molecule has 0 aliphatic heterocycles. The topological polar surface area (TPSA) is 58.2 Å². The molecule has 0 bridgehead atoms. The minimum atomic E-state index is -3.53. The monoisotopic (exact) mass is 388 g/mol. The van der Waals surface area contributed by atoms with E-state index in [9.17, 15) is 8.42 Å². The summed E-state index contributed by atoms with van der Waals surface area (Å²) in [4.78, 5) is 1.00. The summed E-state index contributed by atoms with van der Waals surface area (Å²) in [6.07, 6.45) is 0. The maximum absolute atomic E-state index is 12.4. The molecule has 2 N–H and O–H groups in total. The Bertz CT molecular complexity index is 706. The van der Waals surface area contributed by atoms with E-state index < -0.39 is 10.0 Å². The molecule has 0 radical (unpaired) electrons. The number of sulfonamides is 1. The van der Waals surface area contributed by atoms with Crippen LogP contribution in [0, 0.1) is 6.92 Å². The molecule has 4 nitrogen and oxygen atoms in total. The van der Waals surface area contributed by atoms with Gasteiger partial charge in [0.1, 0.15) is 4.21 Å². The van der Waals surface area contributed by atoms with E-state index in [1.807, 2.05) is 26.0 Å². The largest absolute Gasteiger partial charge is 0.312 e. The summed E-state index contributed by atoms with van der Waals surface area (Å²) in [5, 5.41) is 3.18. The van der Waals surface area contributed by atoms with Gasteiger partial charge in [-0.1, -0.05) is 22.9 Å². The minimum absolute atomic E-state index is 0.327. The molecule has 0 unspecified atom stereocenters. The molecule has 1 aromatic carbocycles. The standard InChI is InChI=1S/C14H17BrN2O2S2/c1-3-16-9-13-4-5-14(20-13)21(18,19)17-12-7-10(2)6-11(15)8-12/h4-8,16-17H,3,9H2,1-2H3. The Balaban J connectivity index is 2.19. The number of rotatable bonds is 6. The van der Waals surface area contributed by atoms with Crippen LogP contribution < -0.4 is 10.0 Å². The fourth-order valence-corrected chi connectivity index (χ4v) is 4.82. The fourth-order valence-electron chi connectivity index (χ4n) is 1.85. The molecule has 0 saturated carbocycles. The average molecular weight is 389 g/mol. The van der Waals surface area contributed by atoms with Crippen LogP contribution in [0.25, 0.3) is 0 Å². The molecule has 1 aromatic heterocycles. The zero-order valence-electron chi connectivity index (χ0n) is 11.8. The first-order valence-electron chi connectivity index (χ1n) is 6.50. The predicted octanol–water partition coefficient (Wildman–Crippen LogP) is 3.73. The molecular formula is C14H17BrN2O2S2. The number of nitrogens with one attached hydrogen (secondary N) is 2. The van der Waals surface area contributed by atoms with Gasteiger partial charge in [0.2, 0.25) is 0 Å². The zero-order chi connectivity index (χ0) is 15.5. The molecule has 1 heterocycles. The van der Waals surface area contributed by atoms with E-state index in [4.69, 9.17) is 0 Å². The van der Waals surface area contributed by atoms with Crippen molar-refractivity contribution in [3.8, 4) is 0 Å². The number of thiophene rings is 1. The molecule has 2 aromatic rings. The Hall–Kier alpha value is -0.890. The van der Waals surface area contributed by atoms with Crippen LogP contribution in [0.2, 0.25) is 0 Å². The van der Waals surface area contributed by atoms with Crippen LogP contribution in [0.3, 0.4) is 0 Å². The van der Waals surface area contributed by atoms with Crippen molar-refractivity contribution in [2.75, 3.05) is 11.3 Å². The third-order valence-corrected chi connectivity index (χ3v) is 6.16. The summed E-state index contributed by atoms with van der Waals surface area (Å²) in [6, 6.07) is 8.96. The van der Waals surface area contributed by atoms with Crippen LogP contribution in [0.1, 0.15) is 17.4 Å². The highest BCUT2D eigenvalue weighted by Gasteiger charge is 2.17. The fraction of sp³-hybridized carbons (Fsp3) is 0.286. The van der Waals surface area contributed by atoms with Crippen molar-refractivity contribution in [3.63, 3.8) is 0 Å². The highest BCUT2D eigenvalue weighted by atomic mass is 79.9. The normalized spacial score (nSPS) is 11.6. The van der Waals surface area contributed by atoms with Crippen molar-refractivity contribution >= 4 is 43.0 Å². The number of halogens is 1. The van der Waals surface area contributed by atoms with Gasteiger partial charge >= 0.3 is 0 Å². The number of hydrogen-bond acceptors (Lipinski definition) is 4. The Morgan fingerprint density at radius 2 is 2.00 bits per heavy atom. The quantitative estimate of drug-likeness (QED) is 0.792. The van der Waals surface area contributed by atoms with E-state index in [1.165, 1.54) is 11.3 Å². The van der Waals surface area contributed by atoms with E-state index in [0.717, 1.165) is 21.5 Å². The second-order valence-electron chi connectivity index (χ2n) is 4.62. The lowest BCUT2D eigenvalue weighted by molar-refractivity contribution is 0.603. The van der Waals surface area contributed by atoms with Crippen LogP contribution in [0.5, 0.6) is 0 Å². The maximum Gasteiger partial charge on any atom is 0.271 e. The molecule has 0 aliphatic rings. The third kappa shape index (κ3) is 4.54. The van der Waals surface area contributed by atoms with E-state index in [-0.39, 0.29) is 0 Å². The second kappa shape index (κ2) is 6.91. The highest BCUT2D eigenvalue weighted by molar-refractivity contribution is 9.10. The van der Waals surface area contributed by atoms with Crippen molar-refractivity contribution in [1.82, 2.24) is 5.32 Å². The minimum Gasteiger partial charge on any atom is -0.312 e. The van der Waals surface area contributed by atoms with E-state index >= 15 is 0 Å². The van der Waals surface area contributed by atoms with Crippen molar-refractivity contribution in [1.29, 1.82) is 0 Å². The van der Waals surface area contributed by atoms with Gasteiger partial charge in [-0.2, -0.15) is 0 Å². The van der Waals surface area contributed by atoms with Crippen LogP contribution in [0.4, 0.5) is 5.69 Å². The average Bonchev–Trinajstić information content (AvgIpc) is 2.84. The molecular weight excluding hydrogens is 372 g/mol. The molecule has 21 heavy (non-hydrogen) atoms. The highest BCUT2D eigenvalue weighted by Crippen LogP contribution is 2.26. The molecule has 2 rings (SSSR count). The summed E-state index contributed by atoms with van der Waals surface area (Å²) < 4.78 is 28.5. The maximum atomic E-state index is 12.4. The van der Waals surface area contributed by atoms with E-state index in [2.05, 4.69) is 26.0 Å². The summed E-state index contributed by atoms with van der Waals surface area (Å²) in [6.45, 7) is 5.48. The van der Waals surface area contributed by atoms with Gasteiger partial charge in [0, 0.05) is 15.9 Å². The van der Waals surface area contributed by atoms with Crippen LogP contribution in [-0.2, 0) is 16.6 Å². The lowest BCUT2D eigenvalue weighted by Gasteiger charge is -2.07. The van der Waals surface area contributed by atoms with E-state index in [0.29, 0.717) is 16.4 Å². The Labute approximate surface area is 137 Å². The van der Waals surface area contributed by atoms with Gasteiger partial charge in [0.15, 0.2) is 0 Å². The van der Waals surface area contributed by atoms with Crippen molar-refractivity contribution in [3.05, 3.63) is 45.2 Å². The van der Waals surface area contributed by atoms with Gasteiger partial charge in [0.25, 0.3) is 10.0 Å².